The van der Waals surface area contributed by atoms with Crippen molar-refractivity contribution in [3.63, 3.8) is 0 Å². The molecule has 0 radical (unpaired) electrons. The predicted octanol–water partition coefficient (Wildman–Crippen LogP) is 4.47. The van der Waals surface area contributed by atoms with Crippen LogP contribution in [0.5, 0.6) is 0 Å². The van der Waals surface area contributed by atoms with Crippen molar-refractivity contribution >= 4 is 22.4 Å². The van der Waals surface area contributed by atoms with Crippen LogP contribution >= 0.6 is 0 Å². The summed E-state index contributed by atoms with van der Waals surface area (Å²) in [6.45, 7) is 5.87. The van der Waals surface area contributed by atoms with Gasteiger partial charge in [0.05, 0.1) is 17.4 Å². The zero-order valence-corrected chi connectivity index (χ0v) is 18.3. The van der Waals surface area contributed by atoms with Crippen LogP contribution in [-0.2, 0) is 0 Å². The number of hydrogen-bond donors (Lipinski definition) is 1. The first-order valence-corrected chi connectivity index (χ1v) is 11.1. The maximum atomic E-state index is 14.0. The van der Waals surface area contributed by atoms with E-state index < -0.39 is 0 Å². The zero-order chi connectivity index (χ0) is 22.4. The van der Waals surface area contributed by atoms with Crippen LogP contribution in [0.2, 0.25) is 0 Å². The second kappa shape index (κ2) is 7.94. The number of aromatic nitrogens is 4. The first-order valence-electron chi connectivity index (χ1n) is 11.1. The molecule has 6 rings (SSSR count). The number of aryl methyl sites for hydroxylation is 1. The van der Waals surface area contributed by atoms with Gasteiger partial charge < -0.3 is 10.2 Å². The third-order valence-corrected chi connectivity index (χ3v) is 6.21. The van der Waals surface area contributed by atoms with Crippen LogP contribution in [0.4, 0.5) is 10.2 Å². The summed E-state index contributed by atoms with van der Waals surface area (Å²) < 4.78 is 16.0. The summed E-state index contributed by atoms with van der Waals surface area (Å²) in [7, 11) is 0. The fourth-order valence-electron chi connectivity index (χ4n) is 4.54. The number of piperazine rings is 1. The molecule has 33 heavy (non-hydrogen) atoms. The number of benzene rings is 1. The number of anilines is 1. The molecule has 0 saturated carbocycles. The third kappa shape index (κ3) is 3.60. The van der Waals surface area contributed by atoms with E-state index in [4.69, 9.17) is 4.98 Å². The molecule has 5 aromatic rings. The SMILES string of the molecule is Cc1cc(-c2cnc3cc(-c4ccc(N5CCNCC5)nc4)ccn23)c2cc(F)ccc2n1. The highest BCUT2D eigenvalue weighted by Crippen LogP contribution is 2.31. The summed E-state index contributed by atoms with van der Waals surface area (Å²) in [6.07, 6.45) is 5.78. The fourth-order valence-corrected chi connectivity index (χ4v) is 4.54. The highest BCUT2D eigenvalue weighted by molar-refractivity contribution is 5.94. The van der Waals surface area contributed by atoms with Crippen molar-refractivity contribution in [1.82, 2.24) is 24.7 Å². The minimum Gasteiger partial charge on any atom is -0.354 e. The van der Waals surface area contributed by atoms with E-state index in [2.05, 4.69) is 44.5 Å². The average Bonchev–Trinajstić information content (AvgIpc) is 3.28. The number of nitrogens with one attached hydrogen (secondary N) is 1. The monoisotopic (exact) mass is 438 g/mol. The molecule has 4 aromatic heterocycles. The van der Waals surface area contributed by atoms with Crippen molar-refractivity contribution in [3.05, 3.63) is 78.6 Å². The van der Waals surface area contributed by atoms with Gasteiger partial charge in [0, 0.05) is 60.8 Å². The van der Waals surface area contributed by atoms with Crippen molar-refractivity contribution in [2.75, 3.05) is 31.1 Å². The molecule has 0 spiro atoms. The Morgan fingerprint density at radius 3 is 2.61 bits per heavy atom. The lowest BCUT2D eigenvalue weighted by atomic mass is 10.0. The molecule has 0 unspecified atom stereocenters. The smallest absolute Gasteiger partial charge is 0.137 e. The molecule has 5 heterocycles. The number of rotatable bonds is 3. The highest BCUT2D eigenvalue weighted by atomic mass is 19.1. The lowest BCUT2D eigenvalue weighted by Crippen LogP contribution is -2.43. The number of nitrogens with zero attached hydrogens (tertiary/aromatic N) is 5. The Morgan fingerprint density at radius 1 is 0.909 bits per heavy atom. The first kappa shape index (κ1) is 19.8. The van der Waals surface area contributed by atoms with Gasteiger partial charge in [0.25, 0.3) is 0 Å². The standard InChI is InChI=1S/C26H23FN6/c1-17-12-22(21-14-20(27)3-4-23(21)31-17)24-16-30-26-13-18(6-9-33(24)26)19-2-5-25(29-15-19)32-10-7-28-8-11-32/h2-6,9,12-16,28H,7-8,10-11H2,1H3. The maximum Gasteiger partial charge on any atom is 0.137 e. The van der Waals surface area contributed by atoms with Crippen LogP contribution in [0.25, 0.3) is 38.9 Å². The molecule has 7 heteroatoms. The maximum absolute atomic E-state index is 14.0. The van der Waals surface area contributed by atoms with Gasteiger partial charge in [-0.05, 0) is 61.0 Å². The van der Waals surface area contributed by atoms with E-state index in [-0.39, 0.29) is 5.82 Å². The predicted molar refractivity (Wildman–Crippen MR) is 129 cm³/mol. The van der Waals surface area contributed by atoms with Gasteiger partial charge in [0.2, 0.25) is 0 Å². The van der Waals surface area contributed by atoms with Gasteiger partial charge in [-0.2, -0.15) is 0 Å². The van der Waals surface area contributed by atoms with Crippen LogP contribution in [-0.4, -0.2) is 45.5 Å². The minimum atomic E-state index is -0.276. The number of halogens is 1. The summed E-state index contributed by atoms with van der Waals surface area (Å²) in [6, 6.07) is 15.0. The molecule has 0 bridgehead atoms. The third-order valence-electron chi connectivity index (χ3n) is 6.21. The van der Waals surface area contributed by atoms with E-state index in [1.807, 2.05) is 36.0 Å². The molecular weight excluding hydrogens is 415 g/mol. The molecular formula is C26H23FN6. The zero-order valence-electron chi connectivity index (χ0n) is 18.3. The van der Waals surface area contributed by atoms with Crippen LogP contribution in [0.1, 0.15) is 5.69 Å². The lowest BCUT2D eigenvalue weighted by Gasteiger charge is -2.28. The van der Waals surface area contributed by atoms with Crippen molar-refractivity contribution in [2.24, 2.45) is 0 Å². The molecule has 1 aliphatic heterocycles. The second-order valence-electron chi connectivity index (χ2n) is 8.40. The van der Waals surface area contributed by atoms with Gasteiger partial charge >= 0.3 is 0 Å². The lowest BCUT2D eigenvalue weighted by molar-refractivity contribution is 0.585. The van der Waals surface area contributed by atoms with Gasteiger partial charge in [-0.25, -0.2) is 14.4 Å². The van der Waals surface area contributed by atoms with Gasteiger partial charge in [-0.1, -0.05) is 0 Å². The molecule has 1 aromatic carbocycles. The van der Waals surface area contributed by atoms with E-state index in [0.717, 1.165) is 76.6 Å². The molecule has 1 fully saturated rings. The van der Waals surface area contributed by atoms with E-state index in [1.54, 1.807) is 6.07 Å². The Hall–Kier alpha value is -3.84. The van der Waals surface area contributed by atoms with Crippen LogP contribution in [0.3, 0.4) is 0 Å². The second-order valence-corrected chi connectivity index (χ2v) is 8.40. The number of pyridine rings is 3. The normalized spacial score (nSPS) is 14.3. The van der Waals surface area contributed by atoms with Gasteiger partial charge in [0.1, 0.15) is 17.3 Å². The summed E-state index contributed by atoms with van der Waals surface area (Å²) in [4.78, 5) is 16.2. The van der Waals surface area contributed by atoms with E-state index >= 15 is 0 Å². The average molecular weight is 439 g/mol. The summed E-state index contributed by atoms with van der Waals surface area (Å²) >= 11 is 0. The topological polar surface area (TPSA) is 58.4 Å². The Kier molecular flexibility index (Phi) is 4.77. The number of imidazole rings is 1. The van der Waals surface area contributed by atoms with E-state index in [9.17, 15) is 4.39 Å². The highest BCUT2D eigenvalue weighted by Gasteiger charge is 2.14. The molecule has 164 valence electrons. The summed E-state index contributed by atoms with van der Waals surface area (Å²) in [5.41, 5.74) is 6.41. The Labute approximate surface area is 190 Å². The molecule has 6 nitrogen and oxygen atoms in total. The Morgan fingerprint density at radius 2 is 1.79 bits per heavy atom. The Bertz CT molecular complexity index is 1470. The molecule has 1 saturated heterocycles. The van der Waals surface area contributed by atoms with Crippen molar-refractivity contribution in [2.45, 2.75) is 6.92 Å². The van der Waals surface area contributed by atoms with Gasteiger partial charge in [0.15, 0.2) is 0 Å². The van der Waals surface area contributed by atoms with E-state index in [0.29, 0.717) is 0 Å². The number of hydrogen-bond acceptors (Lipinski definition) is 5. The molecule has 1 aliphatic rings. The number of fused-ring (bicyclic) bond motifs is 2. The fraction of sp³-hybridized carbons (Fsp3) is 0.192. The molecule has 1 N–H and O–H groups in total. The van der Waals surface area contributed by atoms with Crippen LogP contribution in [0.15, 0.2) is 67.1 Å². The molecule has 0 aliphatic carbocycles. The largest absolute Gasteiger partial charge is 0.354 e. The molecule has 0 amide bonds. The first-order chi connectivity index (χ1) is 16.2. The van der Waals surface area contributed by atoms with Crippen molar-refractivity contribution in [1.29, 1.82) is 0 Å². The quantitative estimate of drug-likeness (QED) is 0.451. The minimum absolute atomic E-state index is 0.276. The van der Waals surface area contributed by atoms with Gasteiger partial charge in [-0.15, -0.1) is 0 Å². The summed E-state index contributed by atoms with van der Waals surface area (Å²) in [5, 5.41) is 4.14. The van der Waals surface area contributed by atoms with Crippen molar-refractivity contribution < 1.29 is 4.39 Å². The van der Waals surface area contributed by atoms with Crippen LogP contribution < -0.4 is 10.2 Å². The van der Waals surface area contributed by atoms with Crippen molar-refractivity contribution in [3.8, 4) is 22.4 Å². The summed E-state index contributed by atoms with van der Waals surface area (Å²) in [5.74, 6) is 0.735. The van der Waals surface area contributed by atoms with Crippen LogP contribution in [0, 0.1) is 12.7 Å². The van der Waals surface area contributed by atoms with E-state index in [1.165, 1.54) is 12.1 Å². The molecule has 0 atom stereocenters. The Balaban J connectivity index is 1.38. The van der Waals surface area contributed by atoms with Gasteiger partial charge in [-0.3, -0.25) is 9.38 Å².